The topological polar surface area (TPSA) is 96.4 Å². The Kier molecular flexibility index (Phi) is 5.08. The van der Waals surface area contributed by atoms with Crippen LogP contribution in [0.25, 0.3) is 11.2 Å². The number of ether oxygens (including phenoxy) is 2. The molecule has 1 fully saturated rings. The van der Waals surface area contributed by atoms with E-state index in [1.54, 1.807) is 36.2 Å². The molecule has 1 aromatic carbocycles. The summed E-state index contributed by atoms with van der Waals surface area (Å²) in [6.07, 6.45) is 1.55. The number of nitrogens with zero attached hydrogens (tertiary/aromatic N) is 4. The first-order valence-corrected chi connectivity index (χ1v) is 8.67. The van der Waals surface area contributed by atoms with Crippen molar-refractivity contribution in [2.45, 2.75) is 26.0 Å². The third-order valence-electron chi connectivity index (χ3n) is 4.56. The summed E-state index contributed by atoms with van der Waals surface area (Å²) in [7, 11) is 0. The summed E-state index contributed by atoms with van der Waals surface area (Å²) in [6, 6.07) is 5.10. The normalized spacial score (nSPS) is 19.4. The van der Waals surface area contributed by atoms with E-state index in [1.807, 2.05) is 0 Å². The van der Waals surface area contributed by atoms with E-state index in [4.69, 9.17) is 9.47 Å². The second-order valence-corrected chi connectivity index (χ2v) is 6.42. The zero-order valence-corrected chi connectivity index (χ0v) is 14.8. The number of imidazole rings is 1. The lowest BCUT2D eigenvalue weighted by molar-refractivity contribution is -0.225. The molecule has 2 N–H and O–H groups in total. The van der Waals surface area contributed by atoms with Crippen molar-refractivity contribution in [3.63, 3.8) is 0 Å². The van der Waals surface area contributed by atoms with Gasteiger partial charge in [0, 0.05) is 18.7 Å². The molecule has 2 atom stereocenters. The van der Waals surface area contributed by atoms with Crippen molar-refractivity contribution in [1.82, 2.24) is 24.8 Å². The molecule has 0 amide bonds. The number of aromatic amines is 1. The molecular weight excluding hydrogens is 353 g/mol. The summed E-state index contributed by atoms with van der Waals surface area (Å²) in [4.78, 5) is 17.3. The van der Waals surface area contributed by atoms with Gasteiger partial charge in [-0.1, -0.05) is 18.2 Å². The molecule has 0 radical (unpaired) electrons. The summed E-state index contributed by atoms with van der Waals surface area (Å²) in [5.41, 5.74) is 2.24. The average molecular weight is 373 g/mol. The number of hydrogen-bond donors (Lipinski definition) is 2. The number of halogens is 1. The highest BCUT2D eigenvalue weighted by Crippen LogP contribution is 2.23. The molecule has 0 bridgehead atoms. The molecule has 9 heteroatoms. The molecule has 4 rings (SSSR count). The molecule has 27 heavy (non-hydrogen) atoms. The van der Waals surface area contributed by atoms with Crippen molar-refractivity contribution in [1.29, 1.82) is 0 Å². The third kappa shape index (κ3) is 3.81. The van der Waals surface area contributed by atoms with Crippen molar-refractivity contribution >= 4 is 11.2 Å². The fraction of sp³-hybridized carbons (Fsp3) is 0.389. The van der Waals surface area contributed by atoms with Crippen LogP contribution in [0.5, 0.6) is 0 Å². The minimum absolute atomic E-state index is 0.0169. The van der Waals surface area contributed by atoms with Gasteiger partial charge in [0.05, 0.1) is 19.4 Å². The van der Waals surface area contributed by atoms with Crippen LogP contribution in [0.15, 0.2) is 30.7 Å². The van der Waals surface area contributed by atoms with Crippen molar-refractivity contribution in [3.05, 3.63) is 53.5 Å². The molecule has 8 nitrogen and oxygen atoms in total. The van der Waals surface area contributed by atoms with E-state index in [0.717, 1.165) is 5.52 Å². The minimum Gasteiger partial charge on any atom is -0.368 e. The number of rotatable bonds is 5. The third-order valence-corrected chi connectivity index (χ3v) is 4.56. The van der Waals surface area contributed by atoms with E-state index < -0.39 is 6.41 Å². The van der Waals surface area contributed by atoms with Gasteiger partial charge in [-0.2, -0.15) is 0 Å². The van der Waals surface area contributed by atoms with Gasteiger partial charge in [-0.25, -0.2) is 24.2 Å². The smallest absolute Gasteiger partial charge is 0.216 e. The number of morpholine rings is 1. The number of aliphatic hydroxyl groups excluding tert-OH is 1. The maximum atomic E-state index is 14.1. The van der Waals surface area contributed by atoms with Gasteiger partial charge in [-0.3, -0.25) is 0 Å². The van der Waals surface area contributed by atoms with E-state index in [1.165, 1.54) is 6.33 Å². The molecule has 142 valence electrons. The Bertz CT molecular complexity index is 901. The monoisotopic (exact) mass is 373 g/mol. The molecule has 1 aliphatic rings. The number of aryl methyl sites for hydroxylation is 1. The summed E-state index contributed by atoms with van der Waals surface area (Å²) >= 11 is 0. The second-order valence-electron chi connectivity index (χ2n) is 6.42. The first-order chi connectivity index (χ1) is 13.1. The standard InChI is InChI=1S/C18H20FN5O3/c1-11-3-2-4-12(15(11)19)9-27-18(25)24-5-6-26-14(8-24)17-22-13-7-20-10-21-16(13)23-17/h2-4,7,10,14,18,25H,5-6,8-9H2,1H3,(H,20,21,22,23)/t14-,18?/m0/s1. The van der Waals surface area contributed by atoms with Crippen molar-refractivity contribution in [3.8, 4) is 0 Å². The lowest BCUT2D eigenvalue weighted by Crippen LogP contribution is -2.46. The number of aliphatic hydroxyl groups is 1. The van der Waals surface area contributed by atoms with E-state index in [-0.39, 0.29) is 18.5 Å². The van der Waals surface area contributed by atoms with Gasteiger partial charge in [-0.15, -0.1) is 0 Å². The average Bonchev–Trinajstić information content (AvgIpc) is 3.13. The van der Waals surface area contributed by atoms with Crippen LogP contribution >= 0.6 is 0 Å². The predicted octanol–water partition coefficient (Wildman–Crippen LogP) is 1.67. The first-order valence-electron chi connectivity index (χ1n) is 8.67. The number of benzene rings is 1. The van der Waals surface area contributed by atoms with Crippen LogP contribution < -0.4 is 0 Å². The molecule has 0 aliphatic carbocycles. The quantitative estimate of drug-likeness (QED) is 0.657. The molecule has 1 aliphatic heterocycles. The molecule has 2 aromatic heterocycles. The van der Waals surface area contributed by atoms with Gasteiger partial charge in [0.25, 0.3) is 0 Å². The van der Waals surface area contributed by atoms with Gasteiger partial charge < -0.3 is 19.6 Å². The maximum Gasteiger partial charge on any atom is 0.216 e. The Balaban J connectivity index is 1.40. The van der Waals surface area contributed by atoms with Gasteiger partial charge >= 0.3 is 0 Å². The van der Waals surface area contributed by atoms with E-state index >= 15 is 0 Å². The Morgan fingerprint density at radius 1 is 1.48 bits per heavy atom. The lowest BCUT2D eigenvalue weighted by Gasteiger charge is -2.34. The van der Waals surface area contributed by atoms with Crippen LogP contribution in [0.4, 0.5) is 4.39 Å². The summed E-state index contributed by atoms with van der Waals surface area (Å²) < 4.78 is 25.3. The van der Waals surface area contributed by atoms with E-state index in [9.17, 15) is 9.50 Å². The van der Waals surface area contributed by atoms with Gasteiger partial charge in [-0.05, 0) is 12.5 Å². The largest absolute Gasteiger partial charge is 0.368 e. The highest BCUT2D eigenvalue weighted by Gasteiger charge is 2.29. The van der Waals surface area contributed by atoms with Gasteiger partial charge in [0.15, 0.2) is 5.65 Å². The number of aromatic nitrogens is 4. The summed E-state index contributed by atoms with van der Waals surface area (Å²) in [5.74, 6) is 0.306. The molecule has 1 unspecified atom stereocenters. The Morgan fingerprint density at radius 2 is 2.37 bits per heavy atom. The second kappa shape index (κ2) is 7.65. The molecule has 0 saturated carbocycles. The van der Waals surface area contributed by atoms with Crippen molar-refractivity contribution in [2.75, 3.05) is 19.7 Å². The number of nitrogens with one attached hydrogen (secondary N) is 1. The van der Waals surface area contributed by atoms with Crippen LogP contribution in [0.2, 0.25) is 0 Å². The van der Waals surface area contributed by atoms with Gasteiger partial charge in [0.1, 0.15) is 29.6 Å². The molecule has 1 saturated heterocycles. The minimum atomic E-state index is -1.17. The number of hydrogen-bond acceptors (Lipinski definition) is 7. The van der Waals surface area contributed by atoms with E-state index in [0.29, 0.717) is 42.3 Å². The van der Waals surface area contributed by atoms with Crippen LogP contribution in [-0.4, -0.2) is 56.1 Å². The van der Waals surface area contributed by atoms with E-state index in [2.05, 4.69) is 19.9 Å². The molecule has 3 aromatic rings. The van der Waals surface area contributed by atoms with Crippen LogP contribution in [0.1, 0.15) is 23.1 Å². The number of H-pyrrole nitrogens is 1. The molecule has 0 spiro atoms. The Hall–Kier alpha value is -2.46. The Labute approximate surface area is 155 Å². The summed E-state index contributed by atoms with van der Waals surface area (Å²) in [6.45, 7) is 2.96. The zero-order chi connectivity index (χ0) is 18.8. The SMILES string of the molecule is Cc1cccc(COC(O)N2CCO[C@H](c3nc4ncncc4[nH]3)C2)c1F. The van der Waals surface area contributed by atoms with Crippen LogP contribution in [0, 0.1) is 12.7 Å². The maximum absolute atomic E-state index is 14.1. The first kappa shape index (κ1) is 17.9. The fourth-order valence-electron chi connectivity index (χ4n) is 3.06. The van der Waals surface area contributed by atoms with Crippen LogP contribution in [-0.2, 0) is 16.1 Å². The summed E-state index contributed by atoms with van der Waals surface area (Å²) in [5, 5.41) is 10.4. The fourth-order valence-corrected chi connectivity index (χ4v) is 3.06. The van der Waals surface area contributed by atoms with Gasteiger partial charge in [0.2, 0.25) is 6.41 Å². The Morgan fingerprint density at radius 3 is 3.22 bits per heavy atom. The zero-order valence-electron chi connectivity index (χ0n) is 14.8. The molecule has 3 heterocycles. The van der Waals surface area contributed by atoms with Crippen molar-refractivity contribution < 1.29 is 19.0 Å². The van der Waals surface area contributed by atoms with Crippen molar-refractivity contribution in [2.24, 2.45) is 0 Å². The molecular formula is C18H20FN5O3. The predicted molar refractivity (Wildman–Crippen MR) is 93.9 cm³/mol. The number of fused-ring (bicyclic) bond motifs is 1. The van der Waals surface area contributed by atoms with Crippen LogP contribution in [0.3, 0.4) is 0 Å². The highest BCUT2D eigenvalue weighted by molar-refractivity contribution is 5.68. The highest BCUT2D eigenvalue weighted by atomic mass is 19.1. The lowest BCUT2D eigenvalue weighted by atomic mass is 10.1.